The summed E-state index contributed by atoms with van der Waals surface area (Å²) < 4.78 is 10.6. The fraction of sp³-hybridized carbons (Fsp3) is 0.0625. The average Bonchev–Trinajstić information content (AvgIpc) is 2.97. The number of rotatable bonds is 2. The normalized spacial score (nSPS) is 11.1. The smallest absolute Gasteiger partial charge is 0.347 e. The standard InChI is InChI=1S/C16H11N3O3/c1-21-12-6-2-4-9-8-10(16(20)22-13(9)12)14-18-11-5-3-7-17-15(11)19-14/h2-8H,1H3,(H,17,18,19). The topological polar surface area (TPSA) is 81.0 Å². The van der Waals surface area contributed by atoms with Crippen molar-refractivity contribution in [1.82, 2.24) is 15.0 Å². The Bertz CT molecular complexity index is 1020. The summed E-state index contributed by atoms with van der Waals surface area (Å²) in [5.74, 6) is 0.958. The molecule has 3 aromatic heterocycles. The van der Waals surface area contributed by atoms with Gasteiger partial charge >= 0.3 is 5.63 Å². The number of hydrogen-bond donors (Lipinski definition) is 1. The van der Waals surface area contributed by atoms with E-state index in [4.69, 9.17) is 9.15 Å². The third-order valence-electron chi connectivity index (χ3n) is 3.46. The van der Waals surface area contributed by atoms with Crippen LogP contribution in [-0.2, 0) is 0 Å². The highest BCUT2D eigenvalue weighted by atomic mass is 16.5. The summed E-state index contributed by atoms with van der Waals surface area (Å²) in [6, 6.07) is 10.8. The van der Waals surface area contributed by atoms with Gasteiger partial charge < -0.3 is 14.1 Å². The molecule has 0 radical (unpaired) electrons. The fourth-order valence-corrected chi connectivity index (χ4v) is 2.42. The molecule has 0 amide bonds. The van der Waals surface area contributed by atoms with Gasteiger partial charge in [0.25, 0.3) is 0 Å². The number of ether oxygens (including phenoxy) is 1. The van der Waals surface area contributed by atoms with E-state index in [1.165, 1.54) is 7.11 Å². The van der Waals surface area contributed by atoms with E-state index in [1.807, 2.05) is 18.2 Å². The molecule has 0 aliphatic heterocycles. The van der Waals surface area contributed by atoms with Gasteiger partial charge in [-0.05, 0) is 24.3 Å². The predicted molar refractivity (Wildman–Crippen MR) is 81.9 cm³/mol. The molecule has 4 aromatic rings. The van der Waals surface area contributed by atoms with Crippen LogP contribution in [0.5, 0.6) is 5.75 Å². The molecular weight excluding hydrogens is 282 g/mol. The van der Waals surface area contributed by atoms with Crippen LogP contribution in [0.1, 0.15) is 0 Å². The first-order chi connectivity index (χ1) is 10.8. The lowest BCUT2D eigenvalue weighted by Gasteiger charge is -2.04. The van der Waals surface area contributed by atoms with Crippen molar-refractivity contribution in [3.8, 4) is 17.1 Å². The van der Waals surface area contributed by atoms with Gasteiger partial charge in [-0.25, -0.2) is 14.8 Å². The summed E-state index contributed by atoms with van der Waals surface area (Å²) in [5, 5.41) is 0.766. The number of hydrogen-bond acceptors (Lipinski definition) is 5. The monoisotopic (exact) mass is 293 g/mol. The lowest BCUT2D eigenvalue weighted by Crippen LogP contribution is -2.04. The molecular formula is C16H11N3O3. The third kappa shape index (κ3) is 1.85. The second-order valence-corrected chi connectivity index (χ2v) is 4.79. The van der Waals surface area contributed by atoms with Crippen molar-refractivity contribution in [3.05, 3.63) is 53.0 Å². The van der Waals surface area contributed by atoms with Gasteiger partial charge in [-0.3, -0.25) is 0 Å². The highest BCUT2D eigenvalue weighted by molar-refractivity contribution is 5.86. The van der Waals surface area contributed by atoms with Crippen LogP contribution in [0, 0.1) is 0 Å². The molecule has 0 aliphatic rings. The van der Waals surface area contributed by atoms with Crippen LogP contribution < -0.4 is 10.4 Å². The number of imidazole rings is 1. The first-order valence-corrected chi connectivity index (χ1v) is 6.68. The first kappa shape index (κ1) is 12.6. The second kappa shape index (κ2) is 4.70. The number of aromatic amines is 1. The first-order valence-electron chi connectivity index (χ1n) is 6.68. The molecule has 0 fully saturated rings. The molecule has 3 heterocycles. The molecule has 0 saturated heterocycles. The van der Waals surface area contributed by atoms with Crippen LogP contribution in [0.4, 0.5) is 0 Å². The highest BCUT2D eigenvalue weighted by Crippen LogP contribution is 2.27. The van der Waals surface area contributed by atoms with Crippen molar-refractivity contribution >= 4 is 22.1 Å². The Morgan fingerprint density at radius 2 is 2.14 bits per heavy atom. The Morgan fingerprint density at radius 3 is 2.95 bits per heavy atom. The van der Waals surface area contributed by atoms with Gasteiger partial charge in [0.05, 0.1) is 12.6 Å². The number of nitrogens with zero attached hydrogens (tertiary/aromatic N) is 2. The van der Waals surface area contributed by atoms with Gasteiger partial charge in [-0.2, -0.15) is 0 Å². The van der Waals surface area contributed by atoms with E-state index in [0.717, 1.165) is 10.9 Å². The van der Waals surface area contributed by atoms with Crippen molar-refractivity contribution < 1.29 is 9.15 Å². The number of methoxy groups -OCH3 is 1. The van der Waals surface area contributed by atoms with E-state index >= 15 is 0 Å². The molecule has 0 saturated carbocycles. The van der Waals surface area contributed by atoms with E-state index in [9.17, 15) is 4.79 Å². The zero-order valence-electron chi connectivity index (χ0n) is 11.7. The molecule has 0 unspecified atom stereocenters. The quantitative estimate of drug-likeness (QED) is 0.575. The molecule has 0 atom stereocenters. The van der Waals surface area contributed by atoms with Gasteiger partial charge in [0, 0.05) is 11.6 Å². The van der Waals surface area contributed by atoms with Crippen LogP contribution in [0.2, 0.25) is 0 Å². The Hall–Kier alpha value is -3.15. The number of H-pyrrole nitrogens is 1. The Labute approximate surface area is 124 Å². The number of para-hydroxylation sites is 1. The summed E-state index contributed by atoms with van der Waals surface area (Å²) in [5.41, 5.74) is 1.63. The molecule has 0 bridgehead atoms. The molecule has 1 aromatic carbocycles. The molecule has 1 N–H and O–H groups in total. The zero-order valence-corrected chi connectivity index (χ0v) is 11.7. The molecule has 22 heavy (non-hydrogen) atoms. The minimum absolute atomic E-state index is 0.360. The van der Waals surface area contributed by atoms with Crippen molar-refractivity contribution in [2.45, 2.75) is 0 Å². The lowest BCUT2D eigenvalue weighted by atomic mass is 10.1. The number of benzene rings is 1. The summed E-state index contributed by atoms with van der Waals surface area (Å²) >= 11 is 0. The maximum atomic E-state index is 12.3. The highest BCUT2D eigenvalue weighted by Gasteiger charge is 2.14. The number of aromatic nitrogens is 3. The van der Waals surface area contributed by atoms with Gasteiger partial charge in [0.1, 0.15) is 11.4 Å². The van der Waals surface area contributed by atoms with Gasteiger partial charge in [0.2, 0.25) is 0 Å². The predicted octanol–water partition coefficient (Wildman–Crippen LogP) is 2.74. The third-order valence-corrected chi connectivity index (χ3v) is 3.46. The van der Waals surface area contributed by atoms with E-state index in [-0.39, 0.29) is 0 Å². The zero-order chi connectivity index (χ0) is 15.1. The summed E-state index contributed by atoms with van der Waals surface area (Å²) in [6.07, 6.45) is 1.65. The van der Waals surface area contributed by atoms with Gasteiger partial charge in [-0.15, -0.1) is 0 Å². The fourth-order valence-electron chi connectivity index (χ4n) is 2.42. The minimum Gasteiger partial charge on any atom is -0.493 e. The second-order valence-electron chi connectivity index (χ2n) is 4.79. The summed E-state index contributed by atoms with van der Waals surface area (Å²) in [7, 11) is 1.54. The van der Waals surface area contributed by atoms with Crippen LogP contribution in [0.15, 0.2) is 51.8 Å². The van der Waals surface area contributed by atoms with Gasteiger partial charge in [0.15, 0.2) is 17.0 Å². The molecule has 108 valence electrons. The number of pyridine rings is 1. The van der Waals surface area contributed by atoms with Crippen molar-refractivity contribution in [1.29, 1.82) is 0 Å². The van der Waals surface area contributed by atoms with Crippen LogP contribution in [-0.4, -0.2) is 22.1 Å². The van der Waals surface area contributed by atoms with E-state index in [1.54, 1.807) is 24.4 Å². The van der Waals surface area contributed by atoms with Crippen LogP contribution >= 0.6 is 0 Å². The summed E-state index contributed by atoms with van der Waals surface area (Å²) in [6.45, 7) is 0. The number of fused-ring (bicyclic) bond motifs is 2. The van der Waals surface area contributed by atoms with Crippen LogP contribution in [0.3, 0.4) is 0 Å². The maximum Gasteiger partial charge on any atom is 0.347 e. The number of nitrogens with one attached hydrogen (secondary N) is 1. The average molecular weight is 293 g/mol. The van der Waals surface area contributed by atoms with Crippen molar-refractivity contribution in [2.75, 3.05) is 7.11 Å². The van der Waals surface area contributed by atoms with E-state index in [2.05, 4.69) is 15.0 Å². The molecule has 6 heteroatoms. The van der Waals surface area contributed by atoms with E-state index in [0.29, 0.717) is 28.4 Å². The summed E-state index contributed by atoms with van der Waals surface area (Å²) in [4.78, 5) is 23.8. The van der Waals surface area contributed by atoms with Crippen LogP contribution in [0.25, 0.3) is 33.5 Å². The largest absolute Gasteiger partial charge is 0.493 e. The van der Waals surface area contributed by atoms with Crippen molar-refractivity contribution in [3.63, 3.8) is 0 Å². The Kier molecular flexibility index (Phi) is 2.69. The van der Waals surface area contributed by atoms with Gasteiger partial charge in [-0.1, -0.05) is 12.1 Å². The lowest BCUT2D eigenvalue weighted by molar-refractivity contribution is 0.407. The SMILES string of the molecule is COc1cccc2cc(-c3nc4ncccc4[nH]3)c(=O)oc12. The van der Waals surface area contributed by atoms with Crippen molar-refractivity contribution in [2.24, 2.45) is 0 Å². The maximum absolute atomic E-state index is 12.3. The Morgan fingerprint density at radius 1 is 1.23 bits per heavy atom. The Balaban J connectivity index is 1.98. The molecule has 0 spiro atoms. The van der Waals surface area contributed by atoms with E-state index < -0.39 is 5.63 Å². The minimum atomic E-state index is -0.476. The molecule has 0 aliphatic carbocycles. The molecule has 4 rings (SSSR count). The molecule has 6 nitrogen and oxygen atoms in total.